The number of nitrogens with zero attached hydrogens (tertiary/aromatic N) is 4. The van der Waals surface area contributed by atoms with Crippen molar-refractivity contribution in [3.05, 3.63) is 77.0 Å². The Morgan fingerprint density at radius 3 is 2.71 bits per heavy atom. The number of ketones is 1. The van der Waals surface area contributed by atoms with E-state index in [9.17, 15) is 19.1 Å². The molecule has 8 nitrogen and oxygen atoms in total. The first-order valence-electron chi connectivity index (χ1n) is 11.7. The first kappa shape index (κ1) is 23.2. The summed E-state index contributed by atoms with van der Waals surface area (Å²) in [5, 5.41) is 11.4. The highest BCUT2D eigenvalue weighted by Gasteiger charge is 2.46. The van der Waals surface area contributed by atoms with Gasteiger partial charge in [0.2, 0.25) is 0 Å². The number of amides is 1. The lowest BCUT2D eigenvalue weighted by Gasteiger charge is -2.29. The molecule has 1 aromatic carbocycles. The molecule has 2 fully saturated rings. The second-order valence-electron chi connectivity index (χ2n) is 8.83. The molecule has 35 heavy (non-hydrogen) atoms. The summed E-state index contributed by atoms with van der Waals surface area (Å²) in [6.45, 7) is 5.76. The van der Waals surface area contributed by atoms with Crippen LogP contribution in [-0.2, 0) is 14.3 Å². The van der Waals surface area contributed by atoms with Gasteiger partial charge < -0.3 is 14.7 Å². The number of carbonyl (C=O) groups excluding carboxylic acids is 2. The number of aryl methyl sites for hydroxylation is 1. The Labute approximate surface area is 202 Å². The second kappa shape index (κ2) is 9.59. The fourth-order valence-corrected chi connectivity index (χ4v) is 4.95. The zero-order chi connectivity index (χ0) is 24.5. The first-order valence-corrected chi connectivity index (χ1v) is 11.7. The molecule has 9 heteroatoms. The highest BCUT2D eigenvalue weighted by Crippen LogP contribution is 2.40. The lowest BCUT2D eigenvalue weighted by Crippen LogP contribution is -2.39. The Balaban J connectivity index is 1.55. The molecule has 0 radical (unpaired) electrons. The minimum absolute atomic E-state index is 0.0549. The molecule has 0 aliphatic carbocycles. The molecule has 2 saturated heterocycles. The van der Waals surface area contributed by atoms with Crippen LogP contribution < -0.4 is 0 Å². The second-order valence-corrected chi connectivity index (χ2v) is 8.83. The van der Waals surface area contributed by atoms with Crippen molar-refractivity contribution in [1.82, 2.24) is 19.2 Å². The van der Waals surface area contributed by atoms with Gasteiger partial charge in [-0.1, -0.05) is 18.2 Å². The fraction of sp³-hybridized carbons (Fsp3) is 0.346. The Morgan fingerprint density at radius 1 is 1.14 bits per heavy atom. The topological polar surface area (TPSA) is 87.4 Å². The molecule has 1 atom stereocenters. The SMILES string of the molecule is Cc1nc2ccccn2c1C(O)=C1C(=O)C(=O)N(CCCN2CCOCC2)[C@H]1c1cccc(F)c1. The van der Waals surface area contributed by atoms with E-state index in [0.717, 1.165) is 19.6 Å². The molecule has 5 rings (SSSR count). The molecule has 3 aromatic rings. The normalized spacial score (nSPS) is 20.7. The van der Waals surface area contributed by atoms with E-state index in [0.29, 0.717) is 48.8 Å². The number of carbonyl (C=O) groups is 2. The van der Waals surface area contributed by atoms with E-state index in [1.54, 1.807) is 35.7 Å². The smallest absolute Gasteiger partial charge is 0.295 e. The minimum atomic E-state index is -0.899. The zero-order valence-corrected chi connectivity index (χ0v) is 19.5. The van der Waals surface area contributed by atoms with Gasteiger partial charge in [-0.15, -0.1) is 0 Å². The Kier molecular flexibility index (Phi) is 6.36. The number of fused-ring (bicyclic) bond motifs is 1. The molecular weight excluding hydrogens is 451 g/mol. The van der Waals surface area contributed by atoms with Gasteiger partial charge in [0.1, 0.15) is 17.2 Å². The molecule has 2 aromatic heterocycles. The van der Waals surface area contributed by atoms with Crippen molar-refractivity contribution in [2.24, 2.45) is 0 Å². The lowest BCUT2D eigenvalue weighted by atomic mass is 9.96. The van der Waals surface area contributed by atoms with Crippen molar-refractivity contribution in [1.29, 1.82) is 0 Å². The van der Waals surface area contributed by atoms with Crippen molar-refractivity contribution in [2.45, 2.75) is 19.4 Å². The van der Waals surface area contributed by atoms with Gasteiger partial charge in [0.25, 0.3) is 11.7 Å². The summed E-state index contributed by atoms with van der Waals surface area (Å²) in [4.78, 5) is 34.6. The van der Waals surface area contributed by atoms with Crippen molar-refractivity contribution in [2.75, 3.05) is 39.4 Å². The van der Waals surface area contributed by atoms with Crippen LogP contribution in [0.3, 0.4) is 0 Å². The van der Waals surface area contributed by atoms with Crippen molar-refractivity contribution in [3.8, 4) is 0 Å². The van der Waals surface area contributed by atoms with E-state index < -0.39 is 23.5 Å². The Bertz CT molecular complexity index is 1310. The summed E-state index contributed by atoms with van der Waals surface area (Å²) in [6, 6.07) is 10.3. The minimum Gasteiger partial charge on any atom is -0.505 e. The number of imidazole rings is 1. The predicted molar refractivity (Wildman–Crippen MR) is 127 cm³/mol. The number of halogens is 1. The Hall–Kier alpha value is -3.56. The van der Waals surface area contributed by atoms with Gasteiger partial charge in [-0.3, -0.25) is 18.9 Å². The maximum atomic E-state index is 14.2. The number of aliphatic hydroxyl groups is 1. The molecule has 1 N–H and O–H groups in total. The third kappa shape index (κ3) is 4.33. The molecule has 0 saturated carbocycles. The number of hydrogen-bond donors (Lipinski definition) is 1. The number of Topliss-reactive ketones (excluding diaryl/α,β-unsaturated/α-hetero) is 1. The molecule has 182 valence electrons. The molecule has 2 aliphatic heterocycles. The zero-order valence-electron chi connectivity index (χ0n) is 19.5. The third-order valence-corrected chi connectivity index (χ3v) is 6.61. The summed E-state index contributed by atoms with van der Waals surface area (Å²) in [6.07, 6.45) is 2.37. The number of aliphatic hydroxyl groups excluding tert-OH is 1. The van der Waals surface area contributed by atoms with E-state index in [-0.39, 0.29) is 11.3 Å². The summed E-state index contributed by atoms with van der Waals surface area (Å²) >= 11 is 0. The van der Waals surface area contributed by atoms with Crippen LogP contribution in [0.5, 0.6) is 0 Å². The predicted octanol–water partition coefficient (Wildman–Crippen LogP) is 2.93. The van der Waals surface area contributed by atoms with Gasteiger partial charge in [0.15, 0.2) is 5.76 Å². The number of pyridine rings is 1. The van der Waals surface area contributed by atoms with E-state index in [1.165, 1.54) is 23.1 Å². The summed E-state index contributed by atoms with van der Waals surface area (Å²) < 4.78 is 21.3. The van der Waals surface area contributed by atoms with Crippen molar-refractivity contribution < 1.29 is 23.8 Å². The molecular formula is C26H27FN4O4. The van der Waals surface area contributed by atoms with Crippen molar-refractivity contribution >= 4 is 23.1 Å². The van der Waals surface area contributed by atoms with Gasteiger partial charge in [-0.2, -0.15) is 0 Å². The maximum absolute atomic E-state index is 14.2. The van der Waals surface area contributed by atoms with Gasteiger partial charge in [-0.05, 0) is 43.2 Å². The average Bonchev–Trinajstić information content (AvgIpc) is 3.32. The van der Waals surface area contributed by atoms with E-state index in [4.69, 9.17) is 4.74 Å². The van der Waals surface area contributed by atoms with Crippen LogP contribution in [0.15, 0.2) is 54.2 Å². The monoisotopic (exact) mass is 478 g/mol. The largest absolute Gasteiger partial charge is 0.505 e. The van der Waals surface area contributed by atoms with Crippen LogP contribution in [0.25, 0.3) is 11.4 Å². The molecule has 0 unspecified atom stereocenters. The van der Waals surface area contributed by atoms with Crippen LogP contribution in [-0.4, -0.2) is 75.4 Å². The van der Waals surface area contributed by atoms with Gasteiger partial charge in [0, 0.05) is 32.4 Å². The molecule has 0 bridgehead atoms. The number of likely N-dealkylation sites (tertiary alicyclic amines) is 1. The van der Waals surface area contributed by atoms with Crippen molar-refractivity contribution in [3.63, 3.8) is 0 Å². The quantitative estimate of drug-likeness (QED) is 0.333. The van der Waals surface area contributed by atoms with E-state index in [1.807, 2.05) is 6.07 Å². The molecule has 0 spiro atoms. The summed E-state index contributed by atoms with van der Waals surface area (Å²) in [5.41, 5.74) is 1.84. The summed E-state index contributed by atoms with van der Waals surface area (Å²) in [5.74, 6) is -2.28. The van der Waals surface area contributed by atoms with Gasteiger partial charge in [-0.25, -0.2) is 9.37 Å². The van der Waals surface area contributed by atoms with Gasteiger partial charge in [0.05, 0.1) is 30.5 Å². The molecule has 4 heterocycles. The number of benzene rings is 1. The number of aromatic nitrogens is 2. The van der Waals surface area contributed by atoms with E-state index in [2.05, 4.69) is 9.88 Å². The highest BCUT2D eigenvalue weighted by molar-refractivity contribution is 6.46. The number of ether oxygens (including phenoxy) is 1. The number of hydrogen-bond acceptors (Lipinski definition) is 6. The van der Waals surface area contributed by atoms with Crippen LogP contribution in [0.2, 0.25) is 0 Å². The third-order valence-electron chi connectivity index (χ3n) is 6.61. The lowest BCUT2D eigenvalue weighted by molar-refractivity contribution is -0.140. The standard InChI is InChI=1S/C26H27FN4O4/c1-17-22(30-10-3-2-8-20(30)28-17)24(32)21-23(18-6-4-7-19(27)16-18)31(26(34)25(21)33)11-5-9-29-12-14-35-15-13-29/h2-4,6-8,10,16,23,32H,5,9,11-15H2,1H3/t23-/m0/s1. The fourth-order valence-electron chi connectivity index (χ4n) is 4.95. The molecule has 1 amide bonds. The van der Waals surface area contributed by atoms with Crippen LogP contribution in [0.1, 0.15) is 29.4 Å². The first-order chi connectivity index (χ1) is 17.0. The number of morpholine rings is 1. The average molecular weight is 479 g/mol. The van der Waals surface area contributed by atoms with Crippen LogP contribution >= 0.6 is 0 Å². The van der Waals surface area contributed by atoms with Crippen LogP contribution in [0, 0.1) is 12.7 Å². The maximum Gasteiger partial charge on any atom is 0.295 e. The molecule has 2 aliphatic rings. The Morgan fingerprint density at radius 2 is 1.94 bits per heavy atom. The summed E-state index contributed by atoms with van der Waals surface area (Å²) in [7, 11) is 0. The number of rotatable bonds is 6. The van der Waals surface area contributed by atoms with Crippen LogP contribution in [0.4, 0.5) is 4.39 Å². The highest BCUT2D eigenvalue weighted by atomic mass is 19.1. The van der Waals surface area contributed by atoms with Gasteiger partial charge >= 0.3 is 0 Å². The van der Waals surface area contributed by atoms with E-state index >= 15 is 0 Å².